The van der Waals surface area contributed by atoms with Gasteiger partial charge in [0.05, 0.1) is 34.5 Å². The molecule has 2 N–H and O–H groups in total. The minimum absolute atomic E-state index is 0.0911. The lowest BCUT2D eigenvalue weighted by molar-refractivity contribution is -0.136. The molecule has 166 valence electrons. The van der Waals surface area contributed by atoms with E-state index in [0.29, 0.717) is 22.1 Å². The molecule has 0 radical (unpaired) electrons. The predicted octanol–water partition coefficient (Wildman–Crippen LogP) is 4.64. The van der Waals surface area contributed by atoms with Crippen LogP contribution in [0.3, 0.4) is 0 Å². The van der Waals surface area contributed by atoms with Gasteiger partial charge in [0.15, 0.2) is 0 Å². The van der Waals surface area contributed by atoms with Crippen LogP contribution in [0.4, 0.5) is 0 Å². The minimum atomic E-state index is -3.88. The van der Waals surface area contributed by atoms with Crippen molar-refractivity contribution in [1.29, 1.82) is 5.26 Å². The molecule has 0 fully saturated rings. The van der Waals surface area contributed by atoms with Crippen LogP contribution < -0.4 is 0 Å². The highest BCUT2D eigenvalue weighted by Crippen LogP contribution is 2.42. The van der Waals surface area contributed by atoms with Crippen LogP contribution in [0.2, 0.25) is 5.02 Å². The van der Waals surface area contributed by atoms with Gasteiger partial charge in [0.1, 0.15) is 11.8 Å². The number of rotatable bonds is 5. The van der Waals surface area contributed by atoms with E-state index in [-0.39, 0.29) is 39.5 Å². The number of halogens is 1. The summed E-state index contributed by atoms with van der Waals surface area (Å²) in [6.07, 6.45) is 0.689. The van der Waals surface area contributed by atoms with Crippen molar-refractivity contribution in [2.75, 3.05) is 6.26 Å². The van der Waals surface area contributed by atoms with Crippen molar-refractivity contribution in [3.05, 3.63) is 76.8 Å². The van der Waals surface area contributed by atoms with Crippen molar-refractivity contribution in [2.45, 2.75) is 6.42 Å². The second kappa shape index (κ2) is 8.28. The molecule has 0 saturated carbocycles. The number of phenols is 1. The molecule has 9 heteroatoms. The van der Waals surface area contributed by atoms with Gasteiger partial charge in [-0.2, -0.15) is 5.26 Å². The molecular formula is C24H17ClN2O5S. The number of carboxylic acids is 1. The van der Waals surface area contributed by atoms with E-state index >= 15 is 0 Å². The molecule has 7 nitrogen and oxygen atoms in total. The molecule has 1 heterocycles. The number of aromatic nitrogens is 1. The highest BCUT2D eigenvalue weighted by molar-refractivity contribution is 7.89. The van der Waals surface area contributed by atoms with Crippen molar-refractivity contribution >= 4 is 38.5 Å². The van der Waals surface area contributed by atoms with Crippen LogP contribution in [0.25, 0.3) is 33.3 Å². The van der Waals surface area contributed by atoms with Gasteiger partial charge in [0, 0.05) is 16.5 Å². The topological polar surface area (TPSA) is 120 Å². The molecule has 0 amide bonds. The molecule has 0 bridgehead atoms. The van der Waals surface area contributed by atoms with Crippen LogP contribution in [0, 0.1) is 11.3 Å². The lowest BCUT2D eigenvalue weighted by atomic mass is 9.95. The third-order valence-electron chi connectivity index (χ3n) is 5.18. The van der Waals surface area contributed by atoms with E-state index < -0.39 is 16.0 Å². The van der Waals surface area contributed by atoms with Crippen molar-refractivity contribution in [3.8, 4) is 34.2 Å². The van der Waals surface area contributed by atoms with Crippen LogP contribution in [0.1, 0.15) is 11.1 Å². The largest absolute Gasteiger partial charge is 0.507 e. The second-order valence-electron chi connectivity index (χ2n) is 7.54. The number of aliphatic carboxylic acids is 1. The zero-order valence-corrected chi connectivity index (χ0v) is 18.9. The number of aromatic hydroxyl groups is 1. The van der Waals surface area contributed by atoms with Gasteiger partial charge in [-0.25, -0.2) is 12.4 Å². The van der Waals surface area contributed by atoms with Crippen LogP contribution in [0.5, 0.6) is 5.75 Å². The standard InChI is InChI=1S/C24H17ClN2O5S/c1-33(31,32)27-21-12-20(25)17(13-26)10-16(21)11-22(27)19-8-14(9-23(28)29)7-18(24(19)30)15-5-3-2-4-6-15/h2-8,10-12,30H,9H2,1H3,(H,28,29). The Morgan fingerprint density at radius 1 is 1.09 bits per heavy atom. The molecule has 4 rings (SSSR count). The molecule has 3 aromatic carbocycles. The highest BCUT2D eigenvalue weighted by atomic mass is 35.5. The minimum Gasteiger partial charge on any atom is -0.507 e. The number of phenolic OH excluding ortho intramolecular Hbond substituents is 1. The average Bonchev–Trinajstić information content (AvgIpc) is 3.12. The Kier molecular flexibility index (Phi) is 5.62. The number of fused-ring (bicyclic) bond motifs is 1. The Labute approximate surface area is 194 Å². The summed E-state index contributed by atoms with van der Waals surface area (Å²) in [6, 6.07) is 18.2. The maximum atomic E-state index is 12.8. The van der Waals surface area contributed by atoms with Gasteiger partial charge in [0.25, 0.3) is 0 Å². The highest BCUT2D eigenvalue weighted by Gasteiger charge is 2.23. The summed E-state index contributed by atoms with van der Waals surface area (Å²) in [4.78, 5) is 11.4. The summed E-state index contributed by atoms with van der Waals surface area (Å²) in [5, 5.41) is 30.4. The van der Waals surface area contributed by atoms with E-state index in [1.807, 2.05) is 6.07 Å². The maximum absolute atomic E-state index is 12.8. The number of hydrogen-bond acceptors (Lipinski definition) is 5. The van der Waals surface area contributed by atoms with Crippen molar-refractivity contribution < 1.29 is 23.4 Å². The number of hydrogen-bond donors (Lipinski definition) is 2. The fourth-order valence-corrected chi connectivity index (χ4v) is 5.06. The first-order valence-corrected chi connectivity index (χ1v) is 11.9. The summed E-state index contributed by atoms with van der Waals surface area (Å²) in [5.74, 6) is -1.27. The molecule has 0 saturated heterocycles. The maximum Gasteiger partial charge on any atom is 0.307 e. The first-order valence-electron chi connectivity index (χ1n) is 9.69. The Morgan fingerprint density at radius 2 is 1.76 bits per heavy atom. The molecule has 0 aliphatic carbocycles. The van der Waals surface area contributed by atoms with Crippen LogP contribution in [-0.2, 0) is 21.2 Å². The van der Waals surface area contributed by atoms with Gasteiger partial charge in [-0.15, -0.1) is 0 Å². The molecule has 0 atom stereocenters. The number of benzene rings is 3. The Bertz CT molecular complexity index is 1570. The first-order chi connectivity index (χ1) is 15.6. The van der Waals surface area contributed by atoms with E-state index in [1.54, 1.807) is 36.4 Å². The van der Waals surface area contributed by atoms with Crippen molar-refractivity contribution in [1.82, 2.24) is 3.97 Å². The average molecular weight is 481 g/mol. The van der Waals surface area contributed by atoms with E-state index in [4.69, 9.17) is 11.6 Å². The summed E-state index contributed by atoms with van der Waals surface area (Å²) in [6.45, 7) is 0. The number of carbonyl (C=O) groups is 1. The van der Waals surface area contributed by atoms with Crippen LogP contribution in [0.15, 0.2) is 60.7 Å². The zero-order valence-electron chi connectivity index (χ0n) is 17.3. The molecular weight excluding hydrogens is 464 g/mol. The Hall–Kier alpha value is -3.80. The summed E-state index contributed by atoms with van der Waals surface area (Å²) < 4.78 is 26.6. The fourth-order valence-electron chi connectivity index (χ4n) is 3.84. The predicted molar refractivity (Wildman–Crippen MR) is 126 cm³/mol. The normalized spacial score (nSPS) is 11.4. The fraction of sp³-hybridized carbons (Fsp3) is 0.0833. The van der Waals surface area contributed by atoms with Gasteiger partial charge in [-0.3, -0.25) is 4.79 Å². The summed E-state index contributed by atoms with van der Waals surface area (Å²) in [7, 11) is -3.88. The molecule has 0 spiro atoms. The number of nitriles is 1. The lowest BCUT2D eigenvalue weighted by Crippen LogP contribution is -2.11. The Morgan fingerprint density at radius 3 is 2.36 bits per heavy atom. The van der Waals surface area contributed by atoms with Crippen LogP contribution in [-0.4, -0.2) is 34.8 Å². The van der Waals surface area contributed by atoms with E-state index in [1.165, 1.54) is 24.3 Å². The van der Waals surface area contributed by atoms with Gasteiger partial charge >= 0.3 is 5.97 Å². The van der Waals surface area contributed by atoms with E-state index in [9.17, 15) is 28.7 Å². The number of nitrogens with zero attached hydrogens (tertiary/aromatic N) is 2. The van der Waals surface area contributed by atoms with Gasteiger partial charge in [-0.1, -0.05) is 41.9 Å². The summed E-state index contributed by atoms with van der Waals surface area (Å²) in [5.41, 5.74) is 2.07. The molecule has 33 heavy (non-hydrogen) atoms. The number of carboxylic acid groups (broad SMARTS) is 1. The molecule has 0 unspecified atom stereocenters. The van der Waals surface area contributed by atoms with E-state index in [2.05, 4.69) is 0 Å². The lowest BCUT2D eigenvalue weighted by Gasteiger charge is -2.15. The third-order valence-corrected chi connectivity index (χ3v) is 6.55. The van der Waals surface area contributed by atoms with Gasteiger partial charge in [-0.05, 0) is 41.5 Å². The van der Waals surface area contributed by atoms with Crippen molar-refractivity contribution in [2.24, 2.45) is 0 Å². The second-order valence-corrected chi connectivity index (χ2v) is 9.77. The quantitative estimate of drug-likeness (QED) is 0.429. The Balaban J connectivity index is 2.11. The molecule has 0 aliphatic heterocycles. The van der Waals surface area contributed by atoms with E-state index in [0.717, 1.165) is 10.2 Å². The molecule has 4 aromatic rings. The zero-order chi connectivity index (χ0) is 23.9. The van der Waals surface area contributed by atoms with Gasteiger partial charge < -0.3 is 10.2 Å². The van der Waals surface area contributed by atoms with Crippen molar-refractivity contribution in [3.63, 3.8) is 0 Å². The molecule has 1 aromatic heterocycles. The van der Waals surface area contributed by atoms with Crippen LogP contribution >= 0.6 is 11.6 Å². The molecule has 0 aliphatic rings. The first kappa shape index (κ1) is 22.4. The third kappa shape index (κ3) is 4.16. The SMILES string of the molecule is CS(=O)(=O)n1c(-c2cc(CC(=O)O)cc(-c3ccccc3)c2O)cc2cc(C#N)c(Cl)cc21. The monoisotopic (exact) mass is 480 g/mol. The van der Waals surface area contributed by atoms with Gasteiger partial charge in [0.2, 0.25) is 10.0 Å². The smallest absolute Gasteiger partial charge is 0.307 e. The summed E-state index contributed by atoms with van der Waals surface area (Å²) >= 11 is 6.15.